The summed E-state index contributed by atoms with van der Waals surface area (Å²) in [5.41, 5.74) is 4.24. The van der Waals surface area contributed by atoms with Crippen molar-refractivity contribution in [3.63, 3.8) is 0 Å². The van der Waals surface area contributed by atoms with Crippen LogP contribution in [-0.4, -0.2) is 16.5 Å². The van der Waals surface area contributed by atoms with Gasteiger partial charge in [0, 0.05) is 11.8 Å². The second-order valence-corrected chi connectivity index (χ2v) is 3.83. The average molecular weight is 212 g/mol. The van der Waals surface area contributed by atoms with Gasteiger partial charge >= 0.3 is 0 Å². The van der Waals surface area contributed by atoms with E-state index in [4.69, 9.17) is 4.74 Å². The van der Waals surface area contributed by atoms with Gasteiger partial charge in [-0.05, 0) is 31.2 Å². The van der Waals surface area contributed by atoms with Crippen molar-refractivity contribution < 1.29 is 4.74 Å². The predicted molar refractivity (Wildman–Crippen MR) is 64.0 cm³/mol. The lowest BCUT2D eigenvalue weighted by Crippen LogP contribution is -1.90. The van der Waals surface area contributed by atoms with E-state index in [1.54, 1.807) is 7.11 Å². The van der Waals surface area contributed by atoms with E-state index in [9.17, 15) is 0 Å². The zero-order valence-corrected chi connectivity index (χ0v) is 9.27. The van der Waals surface area contributed by atoms with Crippen molar-refractivity contribution in [2.45, 2.75) is 6.92 Å². The van der Waals surface area contributed by atoms with Gasteiger partial charge in [0.15, 0.2) is 0 Å². The molecule has 0 radical (unpaired) electrons. The molecule has 0 saturated heterocycles. The van der Waals surface area contributed by atoms with E-state index in [1.165, 1.54) is 5.69 Å². The van der Waals surface area contributed by atoms with Crippen molar-refractivity contribution >= 4 is 16.7 Å². The molecule has 0 fully saturated rings. The van der Waals surface area contributed by atoms with E-state index in [1.807, 2.05) is 30.3 Å². The van der Waals surface area contributed by atoms with Crippen LogP contribution >= 0.6 is 0 Å². The van der Waals surface area contributed by atoms with Gasteiger partial charge < -0.3 is 4.74 Å². The molecule has 0 N–H and O–H groups in total. The Morgan fingerprint density at radius 3 is 2.88 bits per heavy atom. The molecule has 0 bridgehead atoms. The van der Waals surface area contributed by atoms with Crippen LogP contribution in [0.4, 0.5) is 0 Å². The molecular weight excluding hydrogens is 200 g/mol. The summed E-state index contributed by atoms with van der Waals surface area (Å²) in [5.74, 6) is 0.859. The summed E-state index contributed by atoms with van der Waals surface area (Å²) in [4.78, 5) is 4.56. The number of ether oxygens (including phenoxy) is 1. The van der Waals surface area contributed by atoms with Gasteiger partial charge in [0.25, 0.3) is 0 Å². The van der Waals surface area contributed by atoms with E-state index < -0.39 is 0 Å². The van der Waals surface area contributed by atoms with Gasteiger partial charge in [-0.3, -0.25) is 4.40 Å². The van der Waals surface area contributed by atoms with Crippen molar-refractivity contribution in [3.8, 4) is 5.75 Å². The van der Waals surface area contributed by atoms with E-state index in [-0.39, 0.29) is 0 Å². The number of aryl methyl sites for hydroxylation is 1. The van der Waals surface area contributed by atoms with Crippen molar-refractivity contribution in [1.29, 1.82) is 0 Å². The third kappa shape index (κ3) is 1.18. The van der Waals surface area contributed by atoms with Gasteiger partial charge in [-0.25, -0.2) is 4.98 Å². The van der Waals surface area contributed by atoms with Crippen molar-refractivity contribution in [3.05, 3.63) is 42.1 Å². The third-order valence-electron chi connectivity index (χ3n) is 2.82. The van der Waals surface area contributed by atoms with Crippen LogP contribution < -0.4 is 4.74 Å². The van der Waals surface area contributed by atoms with E-state index in [0.717, 1.165) is 22.4 Å². The van der Waals surface area contributed by atoms with Crippen LogP contribution in [0.3, 0.4) is 0 Å². The second kappa shape index (κ2) is 3.23. The highest BCUT2D eigenvalue weighted by atomic mass is 16.5. The van der Waals surface area contributed by atoms with Crippen LogP contribution in [0, 0.1) is 6.92 Å². The summed E-state index contributed by atoms with van der Waals surface area (Å²) in [5, 5.41) is 0. The lowest BCUT2D eigenvalue weighted by molar-refractivity contribution is 0.415. The zero-order chi connectivity index (χ0) is 11.1. The van der Waals surface area contributed by atoms with Gasteiger partial charge in [-0.15, -0.1) is 0 Å². The molecule has 0 spiro atoms. The van der Waals surface area contributed by atoms with Crippen LogP contribution in [-0.2, 0) is 0 Å². The number of aromatic nitrogens is 2. The van der Waals surface area contributed by atoms with E-state index >= 15 is 0 Å². The second-order valence-electron chi connectivity index (χ2n) is 3.83. The molecule has 0 aliphatic carbocycles. The number of methoxy groups -OCH3 is 1. The van der Waals surface area contributed by atoms with Gasteiger partial charge in [0.2, 0.25) is 0 Å². The largest absolute Gasteiger partial charge is 0.497 e. The first-order valence-corrected chi connectivity index (χ1v) is 5.21. The fourth-order valence-electron chi connectivity index (χ4n) is 2.03. The fourth-order valence-corrected chi connectivity index (χ4v) is 2.03. The Kier molecular flexibility index (Phi) is 1.86. The highest BCUT2D eigenvalue weighted by molar-refractivity contribution is 5.82. The minimum Gasteiger partial charge on any atom is -0.497 e. The topological polar surface area (TPSA) is 26.5 Å². The van der Waals surface area contributed by atoms with Crippen LogP contribution in [0.1, 0.15) is 5.69 Å². The number of fused-ring (bicyclic) bond motifs is 3. The maximum atomic E-state index is 5.24. The molecule has 3 rings (SSSR count). The lowest BCUT2D eigenvalue weighted by Gasteiger charge is -2.02. The summed E-state index contributed by atoms with van der Waals surface area (Å²) >= 11 is 0. The number of benzene rings is 1. The maximum absolute atomic E-state index is 5.24. The van der Waals surface area contributed by atoms with Crippen LogP contribution in [0.25, 0.3) is 16.7 Å². The van der Waals surface area contributed by atoms with Crippen molar-refractivity contribution in [2.75, 3.05) is 7.11 Å². The number of rotatable bonds is 1. The third-order valence-corrected chi connectivity index (χ3v) is 2.82. The van der Waals surface area contributed by atoms with Gasteiger partial charge in [0.1, 0.15) is 11.4 Å². The molecule has 0 amide bonds. The first-order valence-electron chi connectivity index (χ1n) is 5.21. The van der Waals surface area contributed by atoms with Gasteiger partial charge in [-0.2, -0.15) is 0 Å². The standard InChI is InChI=1S/C13H12N2O/c1-9-4-3-5-13-14-11-7-6-10(16-2)8-12(11)15(9)13/h3-8H,1-2H3. The minimum absolute atomic E-state index is 0.859. The molecule has 0 unspecified atom stereocenters. The Morgan fingerprint density at radius 1 is 1.19 bits per heavy atom. The predicted octanol–water partition coefficient (Wildman–Crippen LogP) is 2.80. The summed E-state index contributed by atoms with van der Waals surface area (Å²) in [7, 11) is 1.68. The number of hydrogen-bond acceptors (Lipinski definition) is 2. The number of pyridine rings is 1. The highest BCUT2D eigenvalue weighted by Gasteiger charge is 2.06. The monoisotopic (exact) mass is 212 g/mol. The van der Waals surface area contributed by atoms with E-state index in [2.05, 4.69) is 22.4 Å². The minimum atomic E-state index is 0.859. The number of nitrogens with zero attached hydrogens (tertiary/aromatic N) is 2. The SMILES string of the molecule is COc1ccc2nc3cccc(C)n3c2c1. The molecule has 0 aliphatic rings. The maximum Gasteiger partial charge on any atom is 0.138 e. The Hall–Kier alpha value is -2.03. The molecular formula is C13H12N2O. The molecule has 2 heterocycles. The molecule has 3 aromatic rings. The summed E-state index contributed by atoms with van der Waals surface area (Å²) in [6, 6.07) is 12.0. The zero-order valence-electron chi connectivity index (χ0n) is 9.27. The van der Waals surface area contributed by atoms with Crippen LogP contribution in [0.15, 0.2) is 36.4 Å². The Bertz CT molecular complexity index is 670. The summed E-state index contributed by atoms with van der Waals surface area (Å²) in [6.45, 7) is 2.08. The normalized spacial score (nSPS) is 11.1. The smallest absolute Gasteiger partial charge is 0.138 e. The fraction of sp³-hybridized carbons (Fsp3) is 0.154. The Morgan fingerprint density at radius 2 is 2.06 bits per heavy atom. The Labute approximate surface area is 93.3 Å². The molecule has 80 valence electrons. The molecule has 3 nitrogen and oxygen atoms in total. The summed E-state index contributed by atoms with van der Waals surface area (Å²) in [6.07, 6.45) is 0. The molecule has 0 saturated carbocycles. The number of hydrogen-bond donors (Lipinski definition) is 0. The Balaban J connectivity index is 2.50. The first kappa shape index (κ1) is 9.21. The molecule has 0 aliphatic heterocycles. The average Bonchev–Trinajstić information content (AvgIpc) is 2.67. The van der Waals surface area contributed by atoms with E-state index in [0.29, 0.717) is 0 Å². The lowest BCUT2D eigenvalue weighted by atomic mass is 10.3. The molecule has 3 heteroatoms. The molecule has 1 aromatic carbocycles. The number of imidazole rings is 1. The van der Waals surface area contributed by atoms with Crippen LogP contribution in [0.2, 0.25) is 0 Å². The highest BCUT2D eigenvalue weighted by Crippen LogP contribution is 2.22. The first-order chi connectivity index (χ1) is 7.79. The molecule has 2 aromatic heterocycles. The van der Waals surface area contributed by atoms with Crippen molar-refractivity contribution in [2.24, 2.45) is 0 Å². The van der Waals surface area contributed by atoms with Gasteiger partial charge in [0.05, 0.1) is 18.1 Å². The molecule has 0 atom stereocenters. The summed E-state index contributed by atoms with van der Waals surface area (Å²) < 4.78 is 7.38. The van der Waals surface area contributed by atoms with Crippen LogP contribution in [0.5, 0.6) is 5.75 Å². The molecule has 16 heavy (non-hydrogen) atoms. The van der Waals surface area contributed by atoms with Gasteiger partial charge in [-0.1, -0.05) is 6.07 Å². The van der Waals surface area contributed by atoms with Crippen molar-refractivity contribution in [1.82, 2.24) is 9.38 Å². The quantitative estimate of drug-likeness (QED) is 0.620.